The van der Waals surface area contributed by atoms with Crippen LogP contribution in [-0.4, -0.2) is 10.1 Å². The first-order chi connectivity index (χ1) is 10.1. The lowest BCUT2D eigenvalue weighted by atomic mass is 10.1. The van der Waals surface area contributed by atoms with Gasteiger partial charge < -0.3 is 5.32 Å². The van der Waals surface area contributed by atoms with Gasteiger partial charge in [0, 0.05) is 16.7 Å². The number of anilines is 1. The maximum Gasteiger partial charge on any atom is 0.256 e. The Morgan fingerprint density at radius 3 is 2.57 bits per heavy atom. The summed E-state index contributed by atoms with van der Waals surface area (Å²) in [5.41, 5.74) is 2.67. The summed E-state index contributed by atoms with van der Waals surface area (Å²) in [6.07, 6.45) is 0. The second kappa shape index (κ2) is 5.61. The van der Waals surface area contributed by atoms with Crippen molar-refractivity contribution in [3.8, 4) is 0 Å². The second-order valence-corrected chi connectivity index (χ2v) is 5.97. The summed E-state index contributed by atoms with van der Waals surface area (Å²) in [7, 11) is -1.34. The Morgan fingerprint density at radius 2 is 1.81 bits per heavy atom. The van der Waals surface area contributed by atoms with E-state index in [-0.39, 0.29) is 17.5 Å². The molecule has 0 saturated carbocycles. The van der Waals surface area contributed by atoms with Gasteiger partial charge in [0.2, 0.25) is 0 Å². The molecule has 0 radical (unpaired) electrons. The van der Waals surface area contributed by atoms with E-state index >= 15 is 0 Å². The van der Waals surface area contributed by atoms with Gasteiger partial charge in [0.15, 0.2) is 0 Å². The van der Waals surface area contributed by atoms with Crippen molar-refractivity contribution >= 4 is 28.0 Å². The molecule has 5 heteroatoms. The van der Waals surface area contributed by atoms with Gasteiger partial charge in [-0.25, -0.2) is 4.39 Å². The van der Waals surface area contributed by atoms with Gasteiger partial charge in [-0.2, -0.15) is 0 Å². The molecule has 1 aliphatic heterocycles. The molecule has 2 aromatic rings. The van der Waals surface area contributed by atoms with Gasteiger partial charge in [-0.3, -0.25) is 9.00 Å². The molecule has 0 saturated heterocycles. The van der Waals surface area contributed by atoms with Crippen LogP contribution in [0.15, 0.2) is 53.9 Å². The van der Waals surface area contributed by atoms with Crippen molar-refractivity contribution in [2.45, 2.75) is 5.75 Å². The van der Waals surface area contributed by atoms with Gasteiger partial charge in [0.1, 0.15) is 5.82 Å². The van der Waals surface area contributed by atoms with Crippen molar-refractivity contribution in [3.63, 3.8) is 0 Å². The molecule has 21 heavy (non-hydrogen) atoms. The van der Waals surface area contributed by atoms with Crippen molar-refractivity contribution in [2.24, 2.45) is 0 Å². The van der Waals surface area contributed by atoms with E-state index in [9.17, 15) is 13.4 Å². The maximum atomic E-state index is 12.8. The number of carbonyl (C=O) groups is 1. The molecule has 0 fully saturated rings. The molecule has 1 heterocycles. The summed E-state index contributed by atoms with van der Waals surface area (Å²) in [5, 5.41) is 4.20. The third-order valence-electron chi connectivity index (χ3n) is 3.18. The average molecular weight is 301 g/mol. The van der Waals surface area contributed by atoms with Crippen molar-refractivity contribution in [1.82, 2.24) is 0 Å². The highest BCUT2D eigenvalue weighted by Gasteiger charge is 2.24. The van der Waals surface area contributed by atoms with Gasteiger partial charge >= 0.3 is 0 Å². The zero-order valence-electron chi connectivity index (χ0n) is 11.0. The van der Waals surface area contributed by atoms with Gasteiger partial charge in [-0.05, 0) is 23.8 Å². The SMILES string of the molecule is O=C1Nc2ccccc2C1=CS(=O)Cc1ccc(F)cc1. The zero-order chi connectivity index (χ0) is 14.8. The molecule has 0 spiro atoms. The third kappa shape index (κ3) is 2.92. The topological polar surface area (TPSA) is 46.2 Å². The van der Waals surface area contributed by atoms with Crippen molar-refractivity contribution in [3.05, 3.63) is 70.9 Å². The Kier molecular flexibility index (Phi) is 3.66. The fourth-order valence-electron chi connectivity index (χ4n) is 2.17. The molecule has 0 aliphatic carbocycles. The summed E-state index contributed by atoms with van der Waals surface area (Å²) >= 11 is 0. The van der Waals surface area contributed by atoms with Crippen molar-refractivity contribution in [1.29, 1.82) is 0 Å². The predicted octanol–water partition coefficient (Wildman–Crippen LogP) is 3.07. The smallest absolute Gasteiger partial charge is 0.256 e. The number of carbonyl (C=O) groups excluding carboxylic acids is 1. The number of hydrogen-bond donors (Lipinski definition) is 1. The van der Waals surface area contributed by atoms with E-state index < -0.39 is 10.8 Å². The summed E-state index contributed by atoms with van der Waals surface area (Å²) < 4.78 is 25.0. The van der Waals surface area contributed by atoms with E-state index in [2.05, 4.69) is 5.32 Å². The monoisotopic (exact) mass is 301 g/mol. The first-order valence-electron chi connectivity index (χ1n) is 6.38. The highest BCUT2D eigenvalue weighted by Crippen LogP contribution is 2.31. The summed E-state index contributed by atoms with van der Waals surface area (Å²) in [4.78, 5) is 11.9. The minimum absolute atomic E-state index is 0.247. The molecule has 1 atom stereocenters. The van der Waals surface area contributed by atoms with Gasteiger partial charge in [0.25, 0.3) is 5.91 Å². The fraction of sp³-hybridized carbons (Fsp3) is 0.0625. The molecular formula is C16H12FNO2S. The molecule has 3 rings (SSSR count). The molecule has 3 nitrogen and oxygen atoms in total. The van der Waals surface area contributed by atoms with Gasteiger partial charge in [0.05, 0.1) is 22.1 Å². The Hall–Kier alpha value is -2.27. The number of para-hydroxylation sites is 1. The van der Waals surface area contributed by atoms with E-state index in [0.717, 1.165) is 16.8 Å². The van der Waals surface area contributed by atoms with Crippen LogP contribution in [0.1, 0.15) is 11.1 Å². The molecule has 1 N–H and O–H groups in total. The highest BCUT2D eigenvalue weighted by molar-refractivity contribution is 7.87. The largest absolute Gasteiger partial charge is 0.321 e. The first kappa shape index (κ1) is 13.7. The van der Waals surface area contributed by atoms with Crippen LogP contribution in [0.5, 0.6) is 0 Å². The maximum absolute atomic E-state index is 12.8. The number of amides is 1. The van der Waals surface area contributed by atoms with E-state index in [0.29, 0.717) is 5.57 Å². The molecule has 2 aromatic carbocycles. The van der Waals surface area contributed by atoms with Gasteiger partial charge in [-0.15, -0.1) is 0 Å². The quantitative estimate of drug-likeness (QED) is 0.886. The van der Waals surface area contributed by atoms with Crippen LogP contribution in [0, 0.1) is 5.82 Å². The summed E-state index contributed by atoms with van der Waals surface area (Å²) in [6.45, 7) is 0. The Balaban J connectivity index is 1.83. The van der Waals surface area contributed by atoms with Crippen LogP contribution in [-0.2, 0) is 21.3 Å². The number of fused-ring (bicyclic) bond motifs is 1. The molecule has 106 valence electrons. The predicted molar refractivity (Wildman–Crippen MR) is 81.3 cm³/mol. The highest BCUT2D eigenvalue weighted by atomic mass is 32.2. The van der Waals surface area contributed by atoms with E-state index in [4.69, 9.17) is 0 Å². The lowest BCUT2D eigenvalue weighted by Crippen LogP contribution is -2.05. The summed E-state index contributed by atoms with van der Waals surface area (Å²) in [6, 6.07) is 13.1. The fourth-order valence-corrected chi connectivity index (χ4v) is 3.28. The Labute approximate surface area is 124 Å². The van der Waals surface area contributed by atoms with E-state index in [1.165, 1.54) is 17.5 Å². The normalized spacial score (nSPS) is 16.6. The van der Waals surface area contributed by atoms with Crippen molar-refractivity contribution < 1.29 is 13.4 Å². The summed E-state index contributed by atoms with van der Waals surface area (Å²) in [5.74, 6) is -0.324. The number of hydrogen-bond acceptors (Lipinski definition) is 2. The van der Waals surface area contributed by atoms with Gasteiger partial charge in [-0.1, -0.05) is 30.3 Å². The number of rotatable bonds is 3. The standard InChI is InChI=1S/C16H12FNO2S/c17-12-7-5-11(6-8-12)9-21(20)10-14-13-3-1-2-4-15(13)18-16(14)19/h1-8,10H,9H2,(H,18,19). The minimum Gasteiger partial charge on any atom is -0.321 e. The molecule has 0 aromatic heterocycles. The van der Waals surface area contributed by atoms with Crippen LogP contribution < -0.4 is 5.32 Å². The molecule has 1 unspecified atom stereocenters. The minimum atomic E-state index is -1.34. The molecule has 0 bridgehead atoms. The van der Waals surface area contributed by atoms with Crippen LogP contribution in [0.4, 0.5) is 10.1 Å². The van der Waals surface area contributed by atoms with Crippen LogP contribution in [0.2, 0.25) is 0 Å². The van der Waals surface area contributed by atoms with Crippen LogP contribution in [0.3, 0.4) is 0 Å². The van der Waals surface area contributed by atoms with Crippen LogP contribution in [0.25, 0.3) is 5.57 Å². The molecular weight excluding hydrogens is 289 g/mol. The first-order valence-corrected chi connectivity index (χ1v) is 7.76. The third-order valence-corrected chi connectivity index (χ3v) is 4.30. The lowest BCUT2D eigenvalue weighted by molar-refractivity contribution is -0.110. The number of nitrogens with one attached hydrogen (secondary N) is 1. The molecule has 1 aliphatic rings. The van der Waals surface area contributed by atoms with Crippen LogP contribution >= 0.6 is 0 Å². The number of benzene rings is 2. The molecule has 1 amide bonds. The number of halogens is 1. The Bertz CT molecular complexity index is 753. The average Bonchev–Trinajstić information content (AvgIpc) is 2.78. The van der Waals surface area contributed by atoms with E-state index in [1.54, 1.807) is 18.2 Å². The lowest BCUT2D eigenvalue weighted by Gasteiger charge is -2.00. The van der Waals surface area contributed by atoms with Crippen molar-refractivity contribution in [2.75, 3.05) is 5.32 Å². The zero-order valence-corrected chi connectivity index (χ0v) is 11.8. The second-order valence-electron chi connectivity index (χ2n) is 4.68. The van der Waals surface area contributed by atoms with E-state index in [1.807, 2.05) is 18.2 Å². The Morgan fingerprint density at radius 1 is 1.10 bits per heavy atom.